The molecule has 7 heteroatoms. The van der Waals surface area contributed by atoms with E-state index in [9.17, 15) is 4.79 Å². The number of nitrogens with one attached hydrogen (secondary N) is 2. The van der Waals surface area contributed by atoms with Gasteiger partial charge in [-0.2, -0.15) is 0 Å². The Hall–Kier alpha value is -2.83. The molecule has 2 N–H and O–H groups in total. The zero-order valence-electron chi connectivity index (χ0n) is 12.2. The lowest BCUT2D eigenvalue weighted by Crippen LogP contribution is -2.58. The molecule has 2 heterocycles. The predicted octanol–water partition coefficient (Wildman–Crippen LogP) is 1.81. The lowest BCUT2D eigenvalue weighted by atomic mass is 10.1. The molecule has 1 aromatic carbocycles. The van der Waals surface area contributed by atoms with Crippen LogP contribution in [0.1, 0.15) is 0 Å². The Balaban J connectivity index is 1.46. The van der Waals surface area contributed by atoms with Crippen molar-refractivity contribution in [2.24, 2.45) is 0 Å². The third kappa shape index (κ3) is 3.25. The highest BCUT2D eigenvalue weighted by Crippen LogP contribution is 2.17. The highest BCUT2D eigenvalue weighted by atomic mass is 16.5. The van der Waals surface area contributed by atoms with Gasteiger partial charge in [0.25, 0.3) is 0 Å². The Morgan fingerprint density at radius 3 is 2.55 bits per heavy atom. The summed E-state index contributed by atoms with van der Waals surface area (Å²) in [5.74, 6) is 1.34. The van der Waals surface area contributed by atoms with Crippen LogP contribution in [0.5, 0.6) is 5.75 Å². The van der Waals surface area contributed by atoms with Crippen molar-refractivity contribution in [2.75, 3.05) is 30.8 Å². The first-order valence-electron chi connectivity index (χ1n) is 6.98. The molecule has 0 bridgehead atoms. The van der Waals surface area contributed by atoms with Crippen molar-refractivity contribution in [1.29, 1.82) is 0 Å². The minimum atomic E-state index is -0.114. The molecule has 0 radical (unpaired) electrons. The Morgan fingerprint density at radius 2 is 1.91 bits per heavy atom. The van der Waals surface area contributed by atoms with Crippen molar-refractivity contribution < 1.29 is 9.53 Å². The molecule has 2 amide bonds. The number of likely N-dealkylation sites (tertiary alicyclic amines) is 1. The van der Waals surface area contributed by atoms with Crippen LogP contribution in [0, 0.1) is 0 Å². The van der Waals surface area contributed by atoms with Crippen molar-refractivity contribution in [2.45, 2.75) is 6.04 Å². The van der Waals surface area contributed by atoms with Gasteiger partial charge in [-0.1, -0.05) is 0 Å². The van der Waals surface area contributed by atoms with Gasteiger partial charge in [-0.3, -0.25) is 0 Å². The van der Waals surface area contributed by atoms with Crippen LogP contribution in [0.25, 0.3) is 0 Å². The monoisotopic (exact) mass is 299 g/mol. The van der Waals surface area contributed by atoms with Crippen molar-refractivity contribution in [3.8, 4) is 5.75 Å². The van der Waals surface area contributed by atoms with E-state index in [2.05, 4.69) is 20.6 Å². The molecule has 2 aromatic rings. The van der Waals surface area contributed by atoms with Gasteiger partial charge in [0.1, 0.15) is 5.75 Å². The average Bonchev–Trinajstić information content (AvgIpc) is 2.52. The number of amides is 2. The zero-order valence-corrected chi connectivity index (χ0v) is 12.2. The summed E-state index contributed by atoms with van der Waals surface area (Å²) in [4.78, 5) is 22.0. The molecule has 0 unspecified atom stereocenters. The van der Waals surface area contributed by atoms with Crippen LogP contribution < -0.4 is 15.4 Å². The fourth-order valence-electron chi connectivity index (χ4n) is 2.17. The quantitative estimate of drug-likeness (QED) is 0.900. The third-order valence-electron chi connectivity index (χ3n) is 3.41. The predicted molar refractivity (Wildman–Crippen MR) is 83.0 cm³/mol. The number of anilines is 2. The van der Waals surface area contributed by atoms with E-state index in [4.69, 9.17) is 4.74 Å². The van der Waals surface area contributed by atoms with E-state index in [-0.39, 0.29) is 12.1 Å². The number of nitrogens with zero attached hydrogens (tertiary/aromatic N) is 3. The van der Waals surface area contributed by atoms with Gasteiger partial charge >= 0.3 is 6.03 Å². The van der Waals surface area contributed by atoms with Crippen LogP contribution in [-0.2, 0) is 0 Å². The van der Waals surface area contributed by atoms with Crippen LogP contribution in [0.3, 0.4) is 0 Å². The van der Waals surface area contributed by atoms with Crippen molar-refractivity contribution in [3.05, 3.63) is 42.7 Å². The van der Waals surface area contributed by atoms with Crippen LogP contribution >= 0.6 is 0 Å². The van der Waals surface area contributed by atoms with Crippen LogP contribution in [-0.4, -0.2) is 47.1 Å². The summed E-state index contributed by atoms with van der Waals surface area (Å²) < 4.78 is 5.08. The first-order chi connectivity index (χ1) is 10.7. The largest absolute Gasteiger partial charge is 0.497 e. The molecule has 3 rings (SSSR count). The maximum absolute atomic E-state index is 12.1. The summed E-state index contributed by atoms with van der Waals surface area (Å²) in [6, 6.07) is 9.07. The number of rotatable bonds is 4. The second kappa shape index (κ2) is 6.30. The number of carbonyl (C=O) groups excluding carboxylic acids is 1. The van der Waals surface area contributed by atoms with Gasteiger partial charge < -0.3 is 20.3 Å². The number of urea groups is 1. The van der Waals surface area contributed by atoms with Crippen molar-refractivity contribution in [1.82, 2.24) is 14.9 Å². The van der Waals surface area contributed by atoms with Gasteiger partial charge in [0.05, 0.1) is 13.2 Å². The number of hydrogen-bond donors (Lipinski definition) is 2. The molecular formula is C15H17N5O2. The topological polar surface area (TPSA) is 79.4 Å². The van der Waals surface area contributed by atoms with Crippen LogP contribution in [0.4, 0.5) is 16.4 Å². The fraction of sp³-hybridized carbons (Fsp3) is 0.267. The number of hydrogen-bond acceptors (Lipinski definition) is 5. The number of carbonyl (C=O) groups is 1. The molecule has 1 saturated heterocycles. The van der Waals surface area contributed by atoms with Gasteiger partial charge in [-0.25, -0.2) is 14.8 Å². The summed E-state index contributed by atoms with van der Waals surface area (Å²) in [5.41, 5.74) is 0.744. The van der Waals surface area contributed by atoms with E-state index in [1.165, 1.54) is 0 Å². The minimum Gasteiger partial charge on any atom is -0.497 e. The summed E-state index contributed by atoms with van der Waals surface area (Å²) in [5, 5.41) is 6.03. The SMILES string of the molecule is COc1ccc(NC(=O)N2CC(Nc3ncccn3)C2)cc1. The van der Waals surface area contributed by atoms with Crippen LogP contribution in [0.15, 0.2) is 42.7 Å². The normalized spacial score (nSPS) is 14.1. The van der Waals surface area contributed by atoms with E-state index in [1.54, 1.807) is 30.5 Å². The Labute approximate surface area is 128 Å². The fourth-order valence-corrected chi connectivity index (χ4v) is 2.17. The highest BCUT2D eigenvalue weighted by molar-refractivity contribution is 5.90. The van der Waals surface area contributed by atoms with Gasteiger partial charge in [-0.15, -0.1) is 0 Å². The second-order valence-electron chi connectivity index (χ2n) is 4.98. The minimum absolute atomic E-state index is 0.114. The first kappa shape index (κ1) is 14.1. The molecular weight excluding hydrogens is 282 g/mol. The Morgan fingerprint density at radius 1 is 1.23 bits per heavy atom. The molecule has 0 spiro atoms. The van der Waals surface area contributed by atoms with Gasteiger partial charge in [0.15, 0.2) is 0 Å². The first-order valence-corrected chi connectivity index (χ1v) is 6.98. The van der Waals surface area contributed by atoms with E-state index in [0.29, 0.717) is 19.0 Å². The van der Waals surface area contributed by atoms with Crippen molar-refractivity contribution in [3.63, 3.8) is 0 Å². The average molecular weight is 299 g/mol. The molecule has 114 valence electrons. The molecule has 1 aliphatic rings. The lowest BCUT2D eigenvalue weighted by molar-refractivity contribution is 0.171. The molecule has 22 heavy (non-hydrogen) atoms. The Bertz CT molecular complexity index is 626. The number of methoxy groups -OCH3 is 1. The maximum Gasteiger partial charge on any atom is 0.321 e. The molecule has 0 atom stereocenters. The number of aromatic nitrogens is 2. The Kier molecular flexibility index (Phi) is 4.04. The van der Waals surface area contributed by atoms with Gasteiger partial charge in [0, 0.05) is 31.2 Å². The van der Waals surface area contributed by atoms with E-state index in [1.807, 2.05) is 24.3 Å². The van der Waals surface area contributed by atoms with E-state index >= 15 is 0 Å². The van der Waals surface area contributed by atoms with Crippen molar-refractivity contribution >= 4 is 17.7 Å². The summed E-state index contributed by atoms with van der Waals surface area (Å²) >= 11 is 0. The van der Waals surface area contributed by atoms with E-state index < -0.39 is 0 Å². The zero-order chi connectivity index (χ0) is 15.4. The molecule has 7 nitrogen and oxygen atoms in total. The second-order valence-corrected chi connectivity index (χ2v) is 4.98. The standard InChI is InChI=1S/C15H17N5O2/c1-22-13-5-3-11(4-6-13)19-15(21)20-9-12(10-20)18-14-16-7-2-8-17-14/h2-8,12H,9-10H2,1H3,(H,19,21)(H,16,17,18). The number of benzene rings is 1. The third-order valence-corrected chi connectivity index (χ3v) is 3.41. The number of ether oxygens (including phenoxy) is 1. The molecule has 0 saturated carbocycles. The summed E-state index contributed by atoms with van der Waals surface area (Å²) in [6.45, 7) is 1.25. The lowest BCUT2D eigenvalue weighted by Gasteiger charge is -2.39. The molecule has 1 fully saturated rings. The highest BCUT2D eigenvalue weighted by Gasteiger charge is 2.31. The maximum atomic E-state index is 12.1. The summed E-state index contributed by atoms with van der Waals surface area (Å²) in [7, 11) is 1.61. The smallest absolute Gasteiger partial charge is 0.321 e. The molecule has 0 aliphatic carbocycles. The van der Waals surface area contributed by atoms with Gasteiger partial charge in [-0.05, 0) is 30.3 Å². The molecule has 1 aromatic heterocycles. The van der Waals surface area contributed by atoms with Crippen LogP contribution in [0.2, 0.25) is 0 Å². The summed E-state index contributed by atoms with van der Waals surface area (Å²) in [6.07, 6.45) is 3.37. The van der Waals surface area contributed by atoms with Gasteiger partial charge in [0.2, 0.25) is 5.95 Å². The van der Waals surface area contributed by atoms with E-state index in [0.717, 1.165) is 11.4 Å². The molecule has 1 aliphatic heterocycles.